The minimum Gasteiger partial charge on any atom is -0.455 e. The fourth-order valence-corrected chi connectivity index (χ4v) is 10.4. The maximum absolute atomic E-state index is 9.00. The standard InChI is InChI=1S/C57H34N4OS/c1-4-16-35(17-5-1)38-22-14-23-39(32-38)41-26-15-27-44-46-33-40(61-48-28-12-10-25-45(48)51-49(61)31-30-43-42-24-11-13-29-50(42)62-52(43)51)34-47(54(46)63-53(41)44)57-59-55(36-18-6-2-7-19-36)58-56(60-57)37-20-8-3-9-21-37/h1-34H/i2D,6D,7D,18D,19D. The molecule has 0 N–H and O–H groups in total. The minimum atomic E-state index is -0.489. The smallest absolute Gasteiger partial charge is 0.165 e. The molecule has 0 aliphatic rings. The summed E-state index contributed by atoms with van der Waals surface area (Å²) in [6.45, 7) is 0. The molecule has 0 saturated heterocycles. The van der Waals surface area contributed by atoms with E-state index in [0.29, 0.717) is 22.8 Å². The summed E-state index contributed by atoms with van der Waals surface area (Å²) in [7, 11) is 0. The zero-order valence-electron chi connectivity index (χ0n) is 38.3. The average Bonchev–Trinajstić information content (AvgIpc) is 4.07. The van der Waals surface area contributed by atoms with E-state index in [1.54, 1.807) is 11.3 Å². The highest BCUT2D eigenvalue weighted by atomic mass is 32.1. The molecule has 0 saturated carbocycles. The fourth-order valence-electron chi connectivity index (χ4n) is 9.10. The Labute approximate surface area is 372 Å². The molecule has 4 aromatic heterocycles. The van der Waals surface area contributed by atoms with Crippen LogP contribution in [0.4, 0.5) is 0 Å². The minimum absolute atomic E-state index is 0.0203. The maximum atomic E-state index is 9.00. The third-order valence-electron chi connectivity index (χ3n) is 11.9. The fraction of sp³-hybridized carbons (Fsp3) is 0. The van der Waals surface area contributed by atoms with Gasteiger partial charge in [-0.1, -0.05) is 164 Å². The van der Waals surface area contributed by atoms with Gasteiger partial charge >= 0.3 is 0 Å². The van der Waals surface area contributed by atoms with Gasteiger partial charge in [0.2, 0.25) is 0 Å². The second-order valence-electron chi connectivity index (χ2n) is 15.6. The number of hydrogen-bond donors (Lipinski definition) is 0. The van der Waals surface area contributed by atoms with Gasteiger partial charge in [-0.2, -0.15) is 0 Å². The molecule has 0 fully saturated rings. The van der Waals surface area contributed by atoms with Gasteiger partial charge in [-0.25, -0.2) is 15.0 Å². The lowest BCUT2D eigenvalue weighted by molar-refractivity contribution is 0.673. The van der Waals surface area contributed by atoms with Gasteiger partial charge in [0, 0.05) is 58.7 Å². The predicted octanol–water partition coefficient (Wildman–Crippen LogP) is 15.6. The molecule has 0 atom stereocenters. The van der Waals surface area contributed by atoms with Gasteiger partial charge < -0.3 is 8.98 Å². The number of thiophene rings is 1. The van der Waals surface area contributed by atoms with Gasteiger partial charge in [-0.15, -0.1) is 11.3 Å². The van der Waals surface area contributed by atoms with Crippen molar-refractivity contribution < 1.29 is 11.3 Å². The Morgan fingerprint density at radius 1 is 0.429 bits per heavy atom. The molecule has 0 aliphatic carbocycles. The van der Waals surface area contributed by atoms with Crippen molar-refractivity contribution in [1.29, 1.82) is 0 Å². The van der Waals surface area contributed by atoms with Gasteiger partial charge in [0.1, 0.15) is 11.2 Å². The summed E-state index contributed by atoms with van der Waals surface area (Å²) >= 11 is 1.66. The van der Waals surface area contributed by atoms with Crippen LogP contribution < -0.4 is 0 Å². The van der Waals surface area contributed by atoms with Crippen molar-refractivity contribution in [3.8, 4) is 62.1 Å². The Hall–Kier alpha value is -8.19. The second-order valence-corrected chi connectivity index (χ2v) is 16.6. The summed E-state index contributed by atoms with van der Waals surface area (Å²) in [4.78, 5) is 15.1. The summed E-state index contributed by atoms with van der Waals surface area (Å²) in [6.07, 6.45) is 0. The Morgan fingerprint density at radius 3 is 1.92 bits per heavy atom. The van der Waals surface area contributed by atoms with Crippen LogP contribution in [-0.4, -0.2) is 19.5 Å². The largest absolute Gasteiger partial charge is 0.455 e. The molecule has 9 aromatic carbocycles. The highest BCUT2D eigenvalue weighted by Gasteiger charge is 2.23. The lowest BCUT2D eigenvalue weighted by Crippen LogP contribution is -2.01. The third-order valence-corrected chi connectivity index (χ3v) is 13.2. The molecule has 13 rings (SSSR count). The van der Waals surface area contributed by atoms with E-state index in [1.165, 1.54) is 0 Å². The molecule has 0 unspecified atom stereocenters. The topological polar surface area (TPSA) is 56.7 Å². The van der Waals surface area contributed by atoms with Crippen molar-refractivity contribution in [1.82, 2.24) is 19.5 Å². The number of benzene rings is 9. The van der Waals surface area contributed by atoms with E-state index >= 15 is 0 Å². The van der Waals surface area contributed by atoms with Crippen LogP contribution >= 0.6 is 11.3 Å². The van der Waals surface area contributed by atoms with Crippen molar-refractivity contribution in [2.75, 3.05) is 0 Å². The zero-order chi connectivity index (χ0) is 45.8. The summed E-state index contributed by atoms with van der Waals surface area (Å²) in [5.74, 6) is 0.583. The van der Waals surface area contributed by atoms with Crippen molar-refractivity contribution in [3.05, 3.63) is 206 Å². The van der Waals surface area contributed by atoms with Crippen LogP contribution in [0.3, 0.4) is 0 Å². The molecule has 63 heavy (non-hydrogen) atoms. The van der Waals surface area contributed by atoms with Gasteiger partial charge in [-0.3, -0.25) is 0 Å². The lowest BCUT2D eigenvalue weighted by Gasteiger charge is -2.13. The number of furan rings is 1. The monoisotopic (exact) mass is 827 g/mol. The van der Waals surface area contributed by atoms with Crippen LogP contribution in [0.5, 0.6) is 0 Å². The number of hydrogen-bond acceptors (Lipinski definition) is 5. The molecule has 5 nitrogen and oxygen atoms in total. The van der Waals surface area contributed by atoms with Crippen molar-refractivity contribution >= 4 is 75.3 Å². The van der Waals surface area contributed by atoms with Gasteiger partial charge in [0.15, 0.2) is 17.5 Å². The maximum Gasteiger partial charge on any atom is 0.165 e. The SMILES string of the molecule is [2H]c1c([2H])c([2H])c(-c2nc(-c3ccccc3)nc(-c3cc(-n4c5ccccc5c5c6oc7ccccc7c6ccc54)cc4c3sc3c(-c5cccc(-c6ccccc6)c5)cccc34)n2)c([2H])c1[2H]. The van der Waals surface area contributed by atoms with Crippen molar-refractivity contribution in [2.24, 2.45) is 0 Å². The Morgan fingerprint density at radius 2 is 1.08 bits per heavy atom. The molecule has 294 valence electrons. The first kappa shape index (κ1) is 30.8. The van der Waals surface area contributed by atoms with Gasteiger partial charge in [0.25, 0.3) is 0 Å². The molecule has 13 aromatic rings. The summed E-state index contributed by atoms with van der Waals surface area (Å²) in [5.41, 5.74) is 10.1. The van der Waals surface area contributed by atoms with E-state index in [0.717, 1.165) is 91.9 Å². The van der Waals surface area contributed by atoms with Gasteiger partial charge in [0.05, 0.1) is 23.3 Å². The number of para-hydroxylation sites is 2. The van der Waals surface area contributed by atoms with Crippen LogP contribution in [0, 0.1) is 0 Å². The molecular formula is C57H34N4OS. The van der Waals surface area contributed by atoms with E-state index in [1.807, 2.05) is 60.7 Å². The number of nitrogens with zero attached hydrogens (tertiary/aromatic N) is 4. The third kappa shape index (κ3) is 5.73. The highest BCUT2D eigenvalue weighted by molar-refractivity contribution is 7.26. The first-order chi connectivity index (χ1) is 33.3. The Kier molecular flexibility index (Phi) is 6.94. The first-order valence-electron chi connectivity index (χ1n) is 23.2. The second kappa shape index (κ2) is 14.2. The predicted molar refractivity (Wildman–Crippen MR) is 262 cm³/mol. The van der Waals surface area contributed by atoms with E-state index in [4.69, 9.17) is 26.2 Å². The van der Waals surface area contributed by atoms with Crippen LogP contribution in [0.1, 0.15) is 6.85 Å². The first-order valence-corrected chi connectivity index (χ1v) is 21.5. The molecule has 0 spiro atoms. The Balaban J connectivity index is 1.14. The van der Waals surface area contributed by atoms with Crippen LogP contribution in [0.2, 0.25) is 0 Å². The van der Waals surface area contributed by atoms with Crippen LogP contribution in [0.15, 0.2) is 211 Å². The zero-order valence-corrected chi connectivity index (χ0v) is 34.2. The number of fused-ring (bicyclic) bond motifs is 10. The van der Waals surface area contributed by atoms with E-state index in [-0.39, 0.29) is 11.4 Å². The molecule has 4 heterocycles. The van der Waals surface area contributed by atoms with Gasteiger partial charge in [-0.05, 0) is 64.7 Å². The highest BCUT2D eigenvalue weighted by Crippen LogP contribution is 2.47. The quantitative estimate of drug-likeness (QED) is 0.168. The lowest BCUT2D eigenvalue weighted by atomic mass is 9.97. The molecule has 0 bridgehead atoms. The number of rotatable bonds is 6. The summed E-state index contributed by atoms with van der Waals surface area (Å²) in [6, 6.07) is 57.9. The van der Waals surface area contributed by atoms with Crippen LogP contribution in [0.25, 0.3) is 126 Å². The van der Waals surface area contributed by atoms with Crippen LogP contribution in [-0.2, 0) is 0 Å². The Bertz CT molecular complexity index is 4190. The molecule has 0 aliphatic heterocycles. The molecular weight excluding hydrogens is 789 g/mol. The average molecular weight is 828 g/mol. The molecule has 0 radical (unpaired) electrons. The van der Waals surface area contributed by atoms with E-state index in [9.17, 15) is 0 Å². The molecule has 0 amide bonds. The summed E-state index contributed by atoms with van der Waals surface area (Å²) < 4.78 is 54.4. The van der Waals surface area contributed by atoms with E-state index < -0.39 is 30.2 Å². The molecule has 6 heteroatoms. The van der Waals surface area contributed by atoms with Crippen molar-refractivity contribution in [3.63, 3.8) is 0 Å². The van der Waals surface area contributed by atoms with Crippen molar-refractivity contribution in [2.45, 2.75) is 0 Å². The normalized spacial score (nSPS) is 12.9. The van der Waals surface area contributed by atoms with E-state index in [2.05, 4.69) is 120 Å². The number of aromatic nitrogens is 4. The summed E-state index contributed by atoms with van der Waals surface area (Å²) in [5, 5.41) is 6.18.